The van der Waals surface area contributed by atoms with Crippen LogP contribution in [-0.4, -0.2) is 55.0 Å². The van der Waals surface area contributed by atoms with Crippen LogP contribution in [0.5, 0.6) is 0 Å². The van der Waals surface area contributed by atoms with E-state index in [0.717, 1.165) is 27.8 Å². The molecule has 4 N–H and O–H groups in total. The van der Waals surface area contributed by atoms with Crippen molar-refractivity contribution < 1.29 is 5.11 Å². The maximum atomic E-state index is 9.22. The number of aromatic nitrogens is 3. The van der Waals surface area contributed by atoms with E-state index in [0.29, 0.717) is 25.2 Å². The summed E-state index contributed by atoms with van der Waals surface area (Å²) >= 11 is 1.40. The minimum atomic E-state index is -0.251. The fraction of sp³-hybridized carbons (Fsp3) is 0.444. The van der Waals surface area contributed by atoms with Gasteiger partial charge in [0.1, 0.15) is 5.00 Å². The number of anilines is 1. The summed E-state index contributed by atoms with van der Waals surface area (Å²) < 4.78 is 6.12. The minimum absolute atomic E-state index is 0.0308. The van der Waals surface area contributed by atoms with Crippen molar-refractivity contribution >= 4 is 28.2 Å². The Balaban J connectivity index is 1.61. The number of aliphatic hydroxyl groups excluding tert-OH is 1. The molecule has 28 heavy (non-hydrogen) atoms. The monoisotopic (exact) mass is 400 g/mol. The normalized spacial score (nSPS) is 19.8. The lowest BCUT2D eigenvalue weighted by Crippen LogP contribution is -2.38. The molecule has 2 unspecified atom stereocenters. The van der Waals surface area contributed by atoms with Gasteiger partial charge >= 0.3 is 0 Å². The summed E-state index contributed by atoms with van der Waals surface area (Å²) in [6.45, 7) is 2.57. The largest absolute Gasteiger partial charge is 0.395 e. The average molecular weight is 401 g/mol. The molecule has 4 heterocycles. The summed E-state index contributed by atoms with van der Waals surface area (Å²) in [7, 11) is 1.91. The number of hydrogen-bond donors (Lipinski definition) is 3. The van der Waals surface area contributed by atoms with E-state index >= 15 is 0 Å². The lowest BCUT2D eigenvalue weighted by atomic mass is 10.1. The lowest BCUT2D eigenvalue weighted by Gasteiger charge is -2.28. The van der Waals surface area contributed by atoms with Crippen molar-refractivity contribution in [2.75, 3.05) is 18.5 Å². The maximum absolute atomic E-state index is 9.22. The van der Waals surface area contributed by atoms with Gasteiger partial charge in [0.05, 0.1) is 36.8 Å². The molecule has 0 bridgehead atoms. The highest BCUT2D eigenvalue weighted by Gasteiger charge is 2.34. The van der Waals surface area contributed by atoms with Crippen LogP contribution >= 0.6 is 11.5 Å². The fourth-order valence-electron chi connectivity index (χ4n) is 3.27. The van der Waals surface area contributed by atoms with Crippen LogP contribution in [0.2, 0.25) is 0 Å². The highest BCUT2D eigenvalue weighted by Crippen LogP contribution is 2.32. The van der Waals surface area contributed by atoms with Gasteiger partial charge in [-0.3, -0.25) is 9.67 Å². The third-order valence-corrected chi connectivity index (χ3v) is 5.53. The number of aliphatic imine (C=N–C) groups is 2. The standard InChI is InChI=1S/C18H24N8OS/c1-11-5-16(28-24-11)23-17-18-20-7-15(12-6-21-25(2)8-12)26(18)9-14(22-17)4-3-13(19)10-27/h5-6,8-9,13,15,27H,3-4,7,10,19H2,1-2H3,(H,22,23). The summed E-state index contributed by atoms with van der Waals surface area (Å²) in [5, 5.41) is 17.8. The first-order valence-electron chi connectivity index (χ1n) is 9.21. The summed E-state index contributed by atoms with van der Waals surface area (Å²) in [5.74, 6) is 1.53. The fourth-order valence-corrected chi connectivity index (χ4v) is 3.93. The van der Waals surface area contributed by atoms with Crippen molar-refractivity contribution in [3.8, 4) is 0 Å². The molecule has 0 saturated heterocycles. The van der Waals surface area contributed by atoms with Gasteiger partial charge in [-0.1, -0.05) is 0 Å². The van der Waals surface area contributed by atoms with E-state index in [-0.39, 0.29) is 18.7 Å². The highest BCUT2D eigenvalue weighted by molar-refractivity contribution is 7.10. The van der Waals surface area contributed by atoms with Crippen LogP contribution in [0, 0.1) is 6.92 Å². The smallest absolute Gasteiger partial charge is 0.174 e. The number of nitrogens with one attached hydrogen (secondary N) is 1. The molecule has 10 heteroatoms. The van der Waals surface area contributed by atoms with Crippen LogP contribution in [-0.2, 0) is 7.05 Å². The van der Waals surface area contributed by atoms with Crippen molar-refractivity contribution in [2.45, 2.75) is 31.8 Å². The Morgan fingerprint density at radius 1 is 1.46 bits per heavy atom. The lowest BCUT2D eigenvalue weighted by molar-refractivity contribution is 0.260. The molecule has 2 aromatic rings. The molecule has 0 spiro atoms. The van der Waals surface area contributed by atoms with Crippen molar-refractivity contribution in [3.05, 3.63) is 41.6 Å². The van der Waals surface area contributed by atoms with E-state index in [1.165, 1.54) is 11.5 Å². The van der Waals surface area contributed by atoms with Gasteiger partial charge in [-0.25, -0.2) is 4.99 Å². The highest BCUT2D eigenvalue weighted by atomic mass is 32.1. The topological polar surface area (TPSA) is 117 Å². The number of rotatable bonds is 6. The van der Waals surface area contributed by atoms with Crippen LogP contribution in [0.1, 0.15) is 30.1 Å². The summed E-state index contributed by atoms with van der Waals surface area (Å²) in [6.07, 6.45) is 7.28. The molecule has 4 rings (SSSR count). The van der Waals surface area contributed by atoms with E-state index in [9.17, 15) is 5.11 Å². The quantitative estimate of drug-likeness (QED) is 0.675. The first kappa shape index (κ1) is 18.8. The molecule has 0 amide bonds. The molecular formula is C18H24N8OS. The van der Waals surface area contributed by atoms with Gasteiger partial charge in [0.15, 0.2) is 11.7 Å². The van der Waals surface area contributed by atoms with E-state index in [1.54, 1.807) is 4.68 Å². The van der Waals surface area contributed by atoms with Gasteiger partial charge in [-0.05, 0) is 37.4 Å². The maximum Gasteiger partial charge on any atom is 0.174 e. The SMILES string of the molecule is Cc1cc(NC2=NC(CCC(N)CO)=CN3C2=NCC3c2cnn(C)c2)sn1. The first-order valence-corrected chi connectivity index (χ1v) is 9.98. The Labute approximate surface area is 167 Å². The first-order chi connectivity index (χ1) is 13.5. The van der Waals surface area contributed by atoms with Crippen LogP contribution in [0.4, 0.5) is 5.00 Å². The number of hydrogen-bond acceptors (Lipinski definition) is 9. The molecule has 2 aliphatic rings. The number of nitrogens with zero attached hydrogens (tertiary/aromatic N) is 6. The molecule has 2 atom stereocenters. The number of nitrogens with two attached hydrogens (primary N) is 1. The number of aryl methyl sites for hydroxylation is 2. The van der Waals surface area contributed by atoms with Gasteiger partial charge in [0.2, 0.25) is 0 Å². The Hall–Kier alpha value is -2.56. The van der Waals surface area contributed by atoms with Crippen molar-refractivity contribution in [1.29, 1.82) is 0 Å². The number of allylic oxidation sites excluding steroid dienone is 1. The third kappa shape index (κ3) is 3.84. The second kappa shape index (κ2) is 7.82. The zero-order valence-electron chi connectivity index (χ0n) is 15.9. The van der Waals surface area contributed by atoms with Gasteiger partial charge in [-0.15, -0.1) is 0 Å². The van der Waals surface area contributed by atoms with E-state index in [2.05, 4.69) is 19.7 Å². The summed E-state index contributed by atoms with van der Waals surface area (Å²) in [5.41, 5.74) is 8.86. The Morgan fingerprint density at radius 3 is 3.00 bits per heavy atom. The molecule has 0 saturated carbocycles. The van der Waals surface area contributed by atoms with E-state index in [4.69, 9.17) is 15.7 Å². The Bertz CT molecular complexity index is 943. The molecule has 0 fully saturated rings. The molecular weight excluding hydrogens is 376 g/mol. The number of fused-ring (bicyclic) bond motifs is 1. The van der Waals surface area contributed by atoms with Gasteiger partial charge in [0.25, 0.3) is 0 Å². The zero-order valence-corrected chi connectivity index (χ0v) is 16.7. The predicted molar refractivity (Wildman–Crippen MR) is 110 cm³/mol. The van der Waals surface area contributed by atoms with Crippen molar-refractivity contribution in [2.24, 2.45) is 22.8 Å². The molecule has 148 valence electrons. The van der Waals surface area contributed by atoms with Crippen LogP contribution in [0.3, 0.4) is 0 Å². The minimum Gasteiger partial charge on any atom is -0.395 e. The van der Waals surface area contributed by atoms with E-state index < -0.39 is 0 Å². The van der Waals surface area contributed by atoms with Crippen LogP contribution < -0.4 is 11.1 Å². The Kier molecular flexibility index (Phi) is 5.25. The van der Waals surface area contributed by atoms with Crippen molar-refractivity contribution in [1.82, 2.24) is 19.1 Å². The van der Waals surface area contributed by atoms with Gasteiger partial charge < -0.3 is 21.1 Å². The average Bonchev–Trinajstić information content (AvgIpc) is 3.39. The zero-order chi connectivity index (χ0) is 19.7. The summed E-state index contributed by atoms with van der Waals surface area (Å²) in [6, 6.07) is 1.82. The predicted octanol–water partition coefficient (Wildman–Crippen LogP) is 1.41. The van der Waals surface area contributed by atoms with Crippen LogP contribution in [0.25, 0.3) is 0 Å². The van der Waals surface area contributed by atoms with Crippen LogP contribution in [0.15, 0.2) is 40.3 Å². The number of amidine groups is 2. The Morgan fingerprint density at radius 2 is 2.32 bits per heavy atom. The molecule has 0 aliphatic carbocycles. The molecule has 2 aromatic heterocycles. The second-order valence-electron chi connectivity index (χ2n) is 7.05. The molecule has 2 aliphatic heterocycles. The third-order valence-electron chi connectivity index (χ3n) is 4.73. The molecule has 0 radical (unpaired) electrons. The van der Waals surface area contributed by atoms with E-state index in [1.807, 2.05) is 38.6 Å². The summed E-state index contributed by atoms with van der Waals surface area (Å²) in [4.78, 5) is 11.7. The number of aliphatic hydroxyl groups is 1. The molecule has 9 nitrogen and oxygen atoms in total. The molecule has 0 aromatic carbocycles. The van der Waals surface area contributed by atoms with Gasteiger partial charge in [-0.2, -0.15) is 9.47 Å². The van der Waals surface area contributed by atoms with Gasteiger partial charge in [0, 0.05) is 31.0 Å². The second-order valence-corrected chi connectivity index (χ2v) is 7.86. The van der Waals surface area contributed by atoms with Crippen molar-refractivity contribution in [3.63, 3.8) is 0 Å².